The van der Waals surface area contributed by atoms with Gasteiger partial charge in [-0.05, 0) is 18.2 Å². The van der Waals surface area contributed by atoms with Crippen LogP contribution in [0.25, 0.3) is 0 Å². The number of pyridine rings is 1. The number of ether oxygens (including phenoxy) is 2. The molecule has 0 aliphatic rings. The van der Waals surface area contributed by atoms with Crippen molar-refractivity contribution in [2.24, 2.45) is 4.99 Å². The SMILES string of the molecule is COc1cncc(C=Nc2cccc(OC)c2)c1. The van der Waals surface area contributed by atoms with Gasteiger partial charge in [0.25, 0.3) is 0 Å². The van der Waals surface area contributed by atoms with Crippen LogP contribution in [0.15, 0.2) is 47.7 Å². The second-order valence-corrected chi connectivity index (χ2v) is 3.62. The molecule has 0 saturated carbocycles. The normalized spacial score (nSPS) is 10.6. The Hall–Kier alpha value is -2.36. The van der Waals surface area contributed by atoms with E-state index in [0.717, 1.165) is 17.0 Å². The lowest BCUT2D eigenvalue weighted by molar-refractivity contribution is 0.413. The van der Waals surface area contributed by atoms with Crippen molar-refractivity contribution in [3.05, 3.63) is 48.3 Å². The fraction of sp³-hybridized carbons (Fsp3) is 0.143. The van der Waals surface area contributed by atoms with Crippen LogP contribution in [0.5, 0.6) is 11.5 Å². The van der Waals surface area contributed by atoms with E-state index in [1.54, 1.807) is 32.8 Å². The predicted molar refractivity (Wildman–Crippen MR) is 71.0 cm³/mol. The number of rotatable bonds is 4. The third-order valence-electron chi connectivity index (χ3n) is 2.39. The Kier molecular flexibility index (Phi) is 3.91. The van der Waals surface area contributed by atoms with Crippen molar-refractivity contribution in [3.8, 4) is 11.5 Å². The van der Waals surface area contributed by atoms with Crippen LogP contribution in [0.3, 0.4) is 0 Å². The van der Waals surface area contributed by atoms with E-state index in [-0.39, 0.29) is 0 Å². The summed E-state index contributed by atoms with van der Waals surface area (Å²) in [6.07, 6.45) is 5.12. The van der Waals surface area contributed by atoms with E-state index >= 15 is 0 Å². The van der Waals surface area contributed by atoms with Gasteiger partial charge >= 0.3 is 0 Å². The highest BCUT2D eigenvalue weighted by Gasteiger charge is 1.95. The molecule has 0 radical (unpaired) electrons. The number of methoxy groups -OCH3 is 2. The summed E-state index contributed by atoms with van der Waals surface area (Å²) in [5.41, 5.74) is 1.72. The molecule has 0 aliphatic heterocycles. The molecule has 0 amide bonds. The molecule has 0 N–H and O–H groups in total. The van der Waals surface area contributed by atoms with Crippen molar-refractivity contribution >= 4 is 11.9 Å². The van der Waals surface area contributed by atoms with Crippen molar-refractivity contribution in [1.82, 2.24) is 4.98 Å². The molecular formula is C14H14N2O2. The number of hydrogen-bond donors (Lipinski definition) is 0. The van der Waals surface area contributed by atoms with Crippen LogP contribution in [-0.2, 0) is 0 Å². The summed E-state index contributed by atoms with van der Waals surface area (Å²) < 4.78 is 10.2. The van der Waals surface area contributed by atoms with Gasteiger partial charge < -0.3 is 9.47 Å². The largest absolute Gasteiger partial charge is 0.497 e. The van der Waals surface area contributed by atoms with Gasteiger partial charge in [0.1, 0.15) is 11.5 Å². The van der Waals surface area contributed by atoms with Gasteiger partial charge in [-0.1, -0.05) is 6.07 Å². The zero-order chi connectivity index (χ0) is 12.8. The number of aromatic nitrogens is 1. The van der Waals surface area contributed by atoms with E-state index in [9.17, 15) is 0 Å². The van der Waals surface area contributed by atoms with Gasteiger partial charge in [-0.2, -0.15) is 0 Å². The lowest BCUT2D eigenvalue weighted by atomic mass is 10.3. The maximum absolute atomic E-state index is 5.14. The van der Waals surface area contributed by atoms with Crippen LogP contribution in [0.1, 0.15) is 5.56 Å². The molecule has 0 aliphatic carbocycles. The first-order valence-corrected chi connectivity index (χ1v) is 5.49. The van der Waals surface area contributed by atoms with E-state index in [2.05, 4.69) is 9.98 Å². The number of aliphatic imine (C=N–C) groups is 1. The van der Waals surface area contributed by atoms with Crippen LogP contribution in [-0.4, -0.2) is 25.4 Å². The van der Waals surface area contributed by atoms with Gasteiger partial charge in [0.05, 0.1) is 26.1 Å². The van der Waals surface area contributed by atoms with Gasteiger partial charge in [-0.3, -0.25) is 9.98 Å². The Balaban J connectivity index is 2.18. The molecule has 1 heterocycles. The lowest BCUT2D eigenvalue weighted by Crippen LogP contribution is -1.88. The molecule has 0 saturated heterocycles. The fourth-order valence-electron chi connectivity index (χ4n) is 1.46. The summed E-state index contributed by atoms with van der Waals surface area (Å²) in [7, 11) is 3.24. The molecule has 1 aromatic carbocycles. The highest BCUT2D eigenvalue weighted by molar-refractivity contribution is 5.82. The van der Waals surface area contributed by atoms with Crippen molar-refractivity contribution in [2.45, 2.75) is 0 Å². The standard InChI is InChI=1S/C14H14N2O2/c1-17-13-5-3-4-12(7-13)16-9-11-6-14(18-2)10-15-8-11/h3-10H,1-2H3. The fourth-order valence-corrected chi connectivity index (χ4v) is 1.46. The van der Waals surface area contributed by atoms with Crippen LogP contribution in [0.2, 0.25) is 0 Å². The highest BCUT2D eigenvalue weighted by atomic mass is 16.5. The first-order valence-electron chi connectivity index (χ1n) is 5.49. The van der Waals surface area contributed by atoms with Gasteiger partial charge in [0.15, 0.2) is 0 Å². The van der Waals surface area contributed by atoms with E-state index < -0.39 is 0 Å². The molecule has 4 heteroatoms. The summed E-state index contributed by atoms with van der Waals surface area (Å²) in [4.78, 5) is 8.42. The minimum atomic E-state index is 0.713. The molecule has 1 aromatic heterocycles. The summed E-state index contributed by atoms with van der Waals surface area (Å²) in [5.74, 6) is 1.50. The van der Waals surface area contributed by atoms with Gasteiger partial charge in [-0.25, -0.2) is 0 Å². The average Bonchev–Trinajstić information content (AvgIpc) is 2.45. The summed E-state index contributed by atoms with van der Waals surface area (Å²) in [6, 6.07) is 9.43. The van der Waals surface area contributed by atoms with Crippen LogP contribution in [0, 0.1) is 0 Å². The topological polar surface area (TPSA) is 43.7 Å². The molecule has 4 nitrogen and oxygen atoms in total. The first kappa shape index (κ1) is 12.1. The number of nitrogens with zero attached hydrogens (tertiary/aromatic N) is 2. The van der Waals surface area contributed by atoms with Crippen molar-refractivity contribution in [2.75, 3.05) is 14.2 Å². The zero-order valence-corrected chi connectivity index (χ0v) is 10.3. The Bertz CT molecular complexity index is 503. The molecule has 0 spiro atoms. The van der Waals surface area contributed by atoms with Crippen molar-refractivity contribution in [3.63, 3.8) is 0 Å². The monoisotopic (exact) mass is 242 g/mol. The molecule has 0 unspecified atom stereocenters. The third-order valence-corrected chi connectivity index (χ3v) is 2.39. The molecule has 2 aromatic rings. The Morgan fingerprint density at radius 2 is 1.89 bits per heavy atom. The number of hydrogen-bond acceptors (Lipinski definition) is 4. The molecule has 18 heavy (non-hydrogen) atoms. The first-order chi connectivity index (χ1) is 8.81. The highest BCUT2D eigenvalue weighted by Crippen LogP contribution is 2.19. The Labute approximate surface area is 106 Å². The van der Waals surface area contributed by atoms with Crippen LogP contribution >= 0.6 is 0 Å². The van der Waals surface area contributed by atoms with Crippen LogP contribution in [0.4, 0.5) is 5.69 Å². The molecule has 0 atom stereocenters. The van der Waals surface area contributed by atoms with Crippen molar-refractivity contribution < 1.29 is 9.47 Å². The predicted octanol–water partition coefficient (Wildman–Crippen LogP) is 2.85. The summed E-state index contributed by atoms with van der Waals surface area (Å²) in [6.45, 7) is 0. The van der Waals surface area contributed by atoms with E-state index in [0.29, 0.717) is 5.75 Å². The summed E-state index contributed by atoms with van der Waals surface area (Å²) >= 11 is 0. The Morgan fingerprint density at radius 1 is 1.06 bits per heavy atom. The maximum Gasteiger partial charge on any atom is 0.137 e. The van der Waals surface area contributed by atoms with E-state index in [1.807, 2.05) is 30.3 Å². The van der Waals surface area contributed by atoms with E-state index in [4.69, 9.17) is 9.47 Å². The Morgan fingerprint density at radius 3 is 2.67 bits per heavy atom. The minimum absolute atomic E-state index is 0.713. The molecular weight excluding hydrogens is 228 g/mol. The third kappa shape index (κ3) is 3.07. The minimum Gasteiger partial charge on any atom is -0.497 e. The lowest BCUT2D eigenvalue weighted by Gasteiger charge is -2.00. The average molecular weight is 242 g/mol. The van der Waals surface area contributed by atoms with Crippen LogP contribution < -0.4 is 9.47 Å². The van der Waals surface area contributed by atoms with Gasteiger partial charge in [-0.15, -0.1) is 0 Å². The zero-order valence-electron chi connectivity index (χ0n) is 10.3. The maximum atomic E-state index is 5.14. The van der Waals surface area contributed by atoms with Gasteiger partial charge in [0.2, 0.25) is 0 Å². The molecule has 0 fully saturated rings. The second-order valence-electron chi connectivity index (χ2n) is 3.62. The van der Waals surface area contributed by atoms with Crippen molar-refractivity contribution in [1.29, 1.82) is 0 Å². The van der Waals surface area contributed by atoms with Gasteiger partial charge in [0, 0.05) is 24.0 Å². The molecule has 2 rings (SSSR count). The smallest absolute Gasteiger partial charge is 0.137 e. The molecule has 0 bridgehead atoms. The second kappa shape index (κ2) is 5.82. The summed E-state index contributed by atoms with van der Waals surface area (Å²) in [5, 5.41) is 0. The molecule has 92 valence electrons. The van der Waals surface area contributed by atoms with E-state index in [1.165, 1.54) is 0 Å². The quantitative estimate of drug-likeness (QED) is 0.774. The number of benzene rings is 1.